The Labute approximate surface area is 164 Å². The van der Waals surface area contributed by atoms with Crippen LogP contribution in [0.5, 0.6) is 11.5 Å². The van der Waals surface area contributed by atoms with Crippen LogP contribution in [0.2, 0.25) is 0 Å². The summed E-state index contributed by atoms with van der Waals surface area (Å²) < 4.78 is 12.6. The smallest absolute Gasteiger partial charge is 0.272 e. The van der Waals surface area contributed by atoms with E-state index < -0.39 is 0 Å². The highest BCUT2D eigenvalue weighted by Gasteiger charge is 2.20. The van der Waals surface area contributed by atoms with Crippen LogP contribution in [-0.2, 0) is 20.0 Å². The van der Waals surface area contributed by atoms with Crippen molar-refractivity contribution in [3.8, 4) is 11.5 Å². The summed E-state index contributed by atoms with van der Waals surface area (Å²) in [7, 11) is 1.84. The van der Waals surface area contributed by atoms with Crippen molar-refractivity contribution in [2.75, 3.05) is 13.3 Å². The molecule has 0 N–H and O–H groups in total. The minimum absolute atomic E-state index is 0.0225. The van der Waals surface area contributed by atoms with Crippen molar-refractivity contribution < 1.29 is 14.3 Å². The van der Waals surface area contributed by atoms with E-state index in [2.05, 4.69) is 17.1 Å². The molecule has 0 aliphatic carbocycles. The molecule has 6 nitrogen and oxygen atoms in total. The Kier molecular flexibility index (Phi) is 5.28. The van der Waals surface area contributed by atoms with Crippen molar-refractivity contribution in [2.24, 2.45) is 7.05 Å². The topological polar surface area (TPSA) is 56.6 Å². The van der Waals surface area contributed by atoms with E-state index in [1.807, 2.05) is 48.3 Å². The summed E-state index contributed by atoms with van der Waals surface area (Å²) >= 11 is 0. The number of nitrogens with zero attached hydrogens (tertiary/aromatic N) is 3. The normalized spacial score (nSPS) is 12.2. The Morgan fingerprint density at radius 2 is 1.93 bits per heavy atom. The first-order chi connectivity index (χ1) is 13.7. The van der Waals surface area contributed by atoms with E-state index in [4.69, 9.17) is 9.47 Å². The number of aromatic nitrogens is 2. The molecule has 3 aromatic rings. The third kappa shape index (κ3) is 4.01. The number of imidazole rings is 1. The summed E-state index contributed by atoms with van der Waals surface area (Å²) in [6, 6.07) is 16.2. The fourth-order valence-electron chi connectivity index (χ4n) is 3.36. The predicted octanol–water partition coefficient (Wildman–Crippen LogP) is 3.42. The van der Waals surface area contributed by atoms with Gasteiger partial charge < -0.3 is 18.9 Å². The minimum atomic E-state index is -0.0225. The number of benzene rings is 2. The molecule has 0 radical (unpaired) electrons. The molecule has 0 saturated heterocycles. The average Bonchev–Trinajstić information content (AvgIpc) is 3.35. The van der Waals surface area contributed by atoms with E-state index in [0.29, 0.717) is 18.8 Å². The third-order valence-corrected chi connectivity index (χ3v) is 4.87. The van der Waals surface area contributed by atoms with Gasteiger partial charge in [-0.3, -0.25) is 4.79 Å². The van der Waals surface area contributed by atoms with Crippen molar-refractivity contribution in [3.63, 3.8) is 0 Å². The van der Waals surface area contributed by atoms with Crippen LogP contribution in [0.1, 0.15) is 28.0 Å². The first kappa shape index (κ1) is 18.1. The van der Waals surface area contributed by atoms with E-state index in [1.165, 1.54) is 5.56 Å². The van der Waals surface area contributed by atoms with Gasteiger partial charge in [0, 0.05) is 20.1 Å². The second-order valence-corrected chi connectivity index (χ2v) is 6.89. The highest BCUT2D eigenvalue weighted by molar-refractivity contribution is 5.92. The summed E-state index contributed by atoms with van der Waals surface area (Å²) in [5.74, 6) is 1.46. The van der Waals surface area contributed by atoms with E-state index in [9.17, 15) is 4.79 Å². The number of rotatable bonds is 7. The number of hydrogen-bond acceptors (Lipinski definition) is 4. The van der Waals surface area contributed by atoms with Crippen molar-refractivity contribution in [2.45, 2.75) is 19.4 Å². The van der Waals surface area contributed by atoms with E-state index in [0.717, 1.165) is 29.9 Å². The van der Waals surface area contributed by atoms with Crippen LogP contribution in [0.4, 0.5) is 0 Å². The molecule has 0 bridgehead atoms. The van der Waals surface area contributed by atoms with Gasteiger partial charge in [-0.25, -0.2) is 4.98 Å². The second kappa shape index (κ2) is 8.17. The maximum Gasteiger partial charge on any atom is 0.272 e. The number of hydrogen-bond donors (Lipinski definition) is 0. The molecule has 144 valence electrons. The van der Waals surface area contributed by atoms with Gasteiger partial charge in [0.15, 0.2) is 11.5 Å². The summed E-state index contributed by atoms with van der Waals surface area (Å²) in [6.45, 7) is 1.41. The molecule has 0 fully saturated rings. The Bertz CT molecular complexity index is 953. The largest absolute Gasteiger partial charge is 0.454 e. The summed E-state index contributed by atoms with van der Waals surface area (Å²) in [5, 5.41) is 0. The van der Waals surface area contributed by atoms with Crippen molar-refractivity contribution in [1.29, 1.82) is 0 Å². The molecule has 0 spiro atoms. The zero-order valence-corrected chi connectivity index (χ0v) is 15.9. The van der Waals surface area contributed by atoms with Gasteiger partial charge in [0.1, 0.15) is 5.69 Å². The second-order valence-electron chi connectivity index (χ2n) is 6.89. The molecular weight excluding hydrogens is 354 g/mol. The van der Waals surface area contributed by atoms with Crippen molar-refractivity contribution in [3.05, 3.63) is 77.9 Å². The zero-order chi connectivity index (χ0) is 19.3. The van der Waals surface area contributed by atoms with Gasteiger partial charge in [0.2, 0.25) is 6.79 Å². The van der Waals surface area contributed by atoms with E-state index in [-0.39, 0.29) is 12.7 Å². The van der Waals surface area contributed by atoms with Gasteiger partial charge in [-0.1, -0.05) is 36.4 Å². The standard InChI is InChI=1S/C22H23N3O3/c1-24-15-23-13-19(24)22(26)25(11-5-8-17-6-3-2-4-7-17)14-18-9-10-20-21(12-18)28-16-27-20/h2-4,6-7,9-10,12-13,15H,5,8,11,14,16H2,1H3. The summed E-state index contributed by atoms with van der Waals surface area (Å²) in [4.78, 5) is 19.1. The average molecular weight is 377 g/mol. The molecule has 2 aromatic carbocycles. The molecule has 28 heavy (non-hydrogen) atoms. The van der Waals surface area contributed by atoms with Gasteiger partial charge in [-0.15, -0.1) is 0 Å². The Balaban J connectivity index is 1.49. The molecule has 6 heteroatoms. The molecule has 1 aliphatic heterocycles. The summed E-state index contributed by atoms with van der Waals surface area (Å²) in [6.07, 6.45) is 5.08. The fourth-order valence-corrected chi connectivity index (χ4v) is 3.36. The van der Waals surface area contributed by atoms with Gasteiger partial charge >= 0.3 is 0 Å². The monoisotopic (exact) mass is 377 g/mol. The number of carbonyl (C=O) groups is 1. The molecule has 4 rings (SSSR count). The molecular formula is C22H23N3O3. The van der Waals surface area contributed by atoms with Crippen LogP contribution in [-0.4, -0.2) is 33.7 Å². The van der Waals surface area contributed by atoms with Crippen molar-refractivity contribution >= 4 is 5.91 Å². The van der Waals surface area contributed by atoms with E-state index in [1.54, 1.807) is 17.1 Å². The van der Waals surface area contributed by atoms with Crippen LogP contribution in [0.25, 0.3) is 0 Å². The third-order valence-electron chi connectivity index (χ3n) is 4.87. The highest BCUT2D eigenvalue weighted by Crippen LogP contribution is 2.33. The van der Waals surface area contributed by atoms with Crippen molar-refractivity contribution in [1.82, 2.24) is 14.5 Å². The number of fused-ring (bicyclic) bond motifs is 1. The molecule has 0 unspecified atom stereocenters. The maximum atomic E-state index is 13.1. The lowest BCUT2D eigenvalue weighted by molar-refractivity contribution is 0.0731. The first-order valence-electron chi connectivity index (χ1n) is 9.39. The summed E-state index contributed by atoms with van der Waals surface area (Å²) in [5.41, 5.74) is 2.87. The molecule has 1 amide bonds. The first-order valence-corrected chi connectivity index (χ1v) is 9.39. The number of ether oxygens (including phenoxy) is 2. The lowest BCUT2D eigenvalue weighted by Crippen LogP contribution is -2.33. The number of aryl methyl sites for hydroxylation is 2. The fraction of sp³-hybridized carbons (Fsp3) is 0.273. The van der Waals surface area contributed by atoms with E-state index >= 15 is 0 Å². The number of amides is 1. The van der Waals surface area contributed by atoms with Gasteiger partial charge in [-0.05, 0) is 36.1 Å². The van der Waals surface area contributed by atoms with Crippen LogP contribution in [0.15, 0.2) is 61.1 Å². The molecule has 0 saturated carbocycles. The Morgan fingerprint density at radius 3 is 2.71 bits per heavy atom. The van der Waals surface area contributed by atoms with Gasteiger partial charge in [0.05, 0.1) is 12.5 Å². The Hall–Kier alpha value is -3.28. The molecule has 1 aromatic heterocycles. The quantitative estimate of drug-likeness (QED) is 0.633. The highest BCUT2D eigenvalue weighted by atomic mass is 16.7. The minimum Gasteiger partial charge on any atom is -0.454 e. The van der Waals surface area contributed by atoms with Gasteiger partial charge in [0.25, 0.3) is 5.91 Å². The van der Waals surface area contributed by atoms with Crippen LogP contribution in [0, 0.1) is 0 Å². The lowest BCUT2D eigenvalue weighted by atomic mass is 10.1. The predicted molar refractivity (Wildman–Crippen MR) is 105 cm³/mol. The Morgan fingerprint density at radius 1 is 1.11 bits per heavy atom. The number of carbonyl (C=O) groups excluding carboxylic acids is 1. The SMILES string of the molecule is Cn1cncc1C(=O)N(CCCc1ccccc1)Cc1ccc2c(c1)OCO2. The van der Waals surface area contributed by atoms with Crippen LogP contribution < -0.4 is 9.47 Å². The lowest BCUT2D eigenvalue weighted by Gasteiger charge is -2.23. The molecule has 0 atom stereocenters. The maximum absolute atomic E-state index is 13.1. The van der Waals surface area contributed by atoms with Crippen LogP contribution >= 0.6 is 0 Å². The van der Waals surface area contributed by atoms with Gasteiger partial charge in [-0.2, -0.15) is 0 Å². The molecule has 1 aliphatic rings. The zero-order valence-electron chi connectivity index (χ0n) is 15.9. The van der Waals surface area contributed by atoms with Crippen LogP contribution in [0.3, 0.4) is 0 Å². The molecule has 2 heterocycles.